The summed E-state index contributed by atoms with van der Waals surface area (Å²) in [6, 6.07) is 15.0. The van der Waals surface area contributed by atoms with E-state index in [0.29, 0.717) is 11.5 Å². The van der Waals surface area contributed by atoms with E-state index < -0.39 is 21.5 Å². The van der Waals surface area contributed by atoms with Crippen molar-refractivity contribution in [1.29, 1.82) is 0 Å². The number of benzene rings is 2. The number of nitrogens with one attached hydrogen (secondary N) is 1. The van der Waals surface area contributed by atoms with E-state index in [-0.39, 0.29) is 4.90 Å². The molecule has 1 saturated carbocycles. The summed E-state index contributed by atoms with van der Waals surface area (Å²) in [6.45, 7) is 1.35. The lowest BCUT2D eigenvalue weighted by molar-refractivity contribution is -0.143. The van der Waals surface area contributed by atoms with Gasteiger partial charge >= 0.3 is 5.97 Å². The van der Waals surface area contributed by atoms with Crippen LogP contribution in [0.2, 0.25) is 0 Å². The van der Waals surface area contributed by atoms with Gasteiger partial charge in [-0.3, -0.25) is 0 Å². The smallest absolute Gasteiger partial charge is 0.329 e. The van der Waals surface area contributed by atoms with Crippen LogP contribution in [0.4, 0.5) is 0 Å². The van der Waals surface area contributed by atoms with Crippen molar-refractivity contribution in [3.63, 3.8) is 0 Å². The molecule has 0 unspecified atom stereocenters. The molecule has 3 rings (SSSR count). The molecule has 0 radical (unpaired) electrons. The van der Waals surface area contributed by atoms with E-state index in [1.165, 1.54) is 13.0 Å². The molecule has 0 saturated heterocycles. The van der Waals surface area contributed by atoms with E-state index in [2.05, 4.69) is 4.72 Å². The second-order valence-corrected chi connectivity index (χ2v) is 7.93. The minimum Gasteiger partial charge on any atom is -0.480 e. The number of carboxylic acids is 1. The minimum absolute atomic E-state index is 0.0929. The second kappa shape index (κ2) is 6.03. The Morgan fingerprint density at radius 2 is 1.79 bits per heavy atom. The van der Waals surface area contributed by atoms with Gasteiger partial charge in [-0.25, -0.2) is 13.2 Å². The Morgan fingerprint density at radius 1 is 1.12 bits per heavy atom. The molecular weight excluding hydrogens is 326 g/mol. The largest absolute Gasteiger partial charge is 0.480 e. The van der Waals surface area contributed by atoms with Crippen molar-refractivity contribution in [2.75, 3.05) is 0 Å². The topological polar surface area (TPSA) is 83.5 Å². The zero-order valence-corrected chi connectivity index (χ0v) is 14.1. The third-order valence-corrected chi connectivity index (χ3v) is 5.89. The molecule has 1 fully saturated rings. The van der Waals surface area contributed by atoms with Gasteiger partial charge in [0.2, 0.25) is 10.0 Å². The van der Waals surface area contributed by atoms with Crippen molar-refractivity contribution in [2.45, 2.75) is 36.1 Å². The summed E-state index contributed by atoms with van der Waals surface area (Å²) < 4.78 is 27.9. The van der Waals surface area contributed by atoms with Crippen molar-refractivity contribution in [3.8, 4) is 0 Å². The summed E-state index contributed by atoms with van der Waals surface area (Å²) in [7, 11) is -3.97. The highest BCUT2D eigenvalue weighted by Crippen LogP contribution is 2.40. The fourth-order valence-corrected chi connectivity index (χ4v) is 4.09. The van der Waals surface area contributed by atoms with Crippen LogP contribution in [0.15, 0.2) is 59.5 Å². The average molecular weight is 345 g/mol. The van der Waals surface area contributed by atoms with E-state index in [9.17, 15) is 18.3 Å². The molecule has 0 bridgehead atoms. The fourth-order valence-electron chi connectivity index (χ4n) is 2.68. The first kappa shape index (κ1) is 16.7. The van der Waals surface area contributed by atoms with Gasteiger partial charge in [0, 0.05) is 0 Å². The van der Waals surface area contributed by atoms with Crippen LogP contribution in [0.3, 0.4) is 0 Å². The van der Waals surface area contributed by atoms with E-state index in [4.69, 9.17) is 0 Å². The Hall–Kier alpha value is -2.18. The van der Waals surface area contributed by atoms with Crippen LogP contribution in [0, 0.1) is 0 Å². The maximum atomic E-state index is 12.7. The van der Waals surface area contributed by atoms with Gasteiger partial charge in [0.15, 0.2) is 5.54 Å². The number of carbonyl (C=O) groups is 1. The summed E-state index contributed by atoms with van der Waals surface area (Å²) in [6.07, 6.45) is 2.13. The van der Waals surface area contributed by atoms with Crippen LogP contribution in [-0.4, -0.2) is 19.5 Å². The first-order chi connectivity index (χ1) is 11.3. The number of hydrogen-bond acceptors (Lipinski definition) is 3. The Kier molecular flexibility index (Phi) is 4.19. The van der Waals surface area contributed by atoms with E-state index >= 15 is 0 Å². The molecule has 0 heterocycles. The maximum Gasteiger partial charge on any atom is 0.329 e. The highest BCUT2D eigenvalue weighted by Gasteiger charge is 2.39. The van der Waals surface area contributed by atoms with E-state index in [1.807, 2.05) is 6.07 Å². The predicted molar refractivity (Wildman–Crippen MR) is 90.2 cm³/mol. The normalized spacial score (nSPS) is 17.2. The highest BCUT2D eigenvalue weighted by atomic mass is 32.2. The van der Waals surface area contributed by atoms with Crippen molar-refractivity contribution >= 4 is 16.0 Å². The molecule has 2 N–H and O–H groups in total. The number of carboxylic acid groups (broad SMARTS) is 1. The lowest BCUT2D eigenvalue weighted by Gasteiger charge is -2.26. The minimum atomic E-state index is -3.97. The fraction of sp³-hybridized carbons (Fsp3) is 0.278. The molecule has 2 aromatic rings. The Labute approximate surface area is 141 Å². The van der Waals surface area contributed by atoms with Crippen molar-refractivity contribution in [2.24, 2.45) is 0 Å². The summed E-state index contributed by atoms with van der Waals surface area (Å²) in [5.41, 5.74) is -0.385. The van der Waals surface area contributed by atoms with Gasteiger partial charge in [0.1, 0.15) is 0 Å². The summed E-state index contributed by atoms with van der Waals surface area (Å²) in [4.78, 5) is 11.9. The van der Waals surface area contributed by atoms with Crippen LogP contribution in [0.25, 0.3) is 0 Å². The number of sulfonamides is 1. The van der Waals surface area contributed by atoms with Crippen LogP contribution >= 0.6 is 0 Å². The monoisotopic (exact) mass is 345 g/mol. The zero-order chi connectivity index (χ0) is 17.4. The van der Waals surface area contributed by atoms with E-state index in [1.54, 1.807) is 42.5 Å². The number of aliphatic carboxylic acids is 1. The molecule has 5 nitrogen and oxygen atoms in total. The predicted octanol–water partition coefficient (Wildman–Crippen LogP) is 2.84. The van der Waals surface area contributed by atoms with Gasteiger partial charge in [0.25, 0.3) is 0 Å². The van der Waals surface area contributed by atoms with Gasteiger partial charge in [-0.2, -0.15) is 4.72 Å². The first-order valence-corrected chi connectivity index (χ1v) is 9.24. The summed E-state index contributed by atoms with van der Waals surface area (Å²) >= 11 is 0. The van der Waals surface area contributed by atoms with Crippen LogP contribution in [0.1, 0.15) is 36.8 Å². The van der Waals surface area contributed by atoms with Crippen molar-refractivity contribution in [1.82, 2.24) is 4.72 Å². The lowest BCUT2D eigenvalue weighted by atomic mass is 9.94. The number of hydrogen-bond donors (Lipinski definition) is 2. The average Bonchev–Trinajstić information content (AvgIpc) is 3.40. The van der Waals surface area contributed by atoms with Crippen molar-refractivity contribution in [3.05, 3.63) is 65.7 Å². The lowest BCUT2D eigenvalue weighted by Crippen LogP contribution is -2.49. The summed E-state index contributed by atoms with van der Waals surface area (Å²) in [5.74, 6) is -0.837. The van der Waals surface area contributed by atoms with Gasteiger partial charge < -0.3 is 5.11 Å². The van der Waals surface area contributed by atoms with Crippen LogP contribution in [-0.2, 0) is 20.4 Å². The molecule has 0 aliphatic heterocycles. The Balaban J connectivity index is 1.97. The molecule has 0 spiro atoms. The molecule has 126 valence electrons. The SMILES string of the molecule is C[C@@](NS(=O)(=O)c1cccc(C2CC2)c1)(C(=O)O)c1ccccc1. The van der Waals surface area contributed by atoms with Crippen LogP contribution < -0.4 is 4.72 Å². The first-order valence-electron chi connectivity index (χ1n) is 7.76. The molecule has 0 amide bonds. The second-order valence-electron chi connectivity index (χ2n) is 6.25. The molecule has 24 heavy (non-hydrogen) atoms. The maximum absolute atomic E-state index is 12.7. The summed E-state index contributed by atoms with van der Waals surface area (Å²) in [5, 5.41) is 9.62. The molecule has 1 aliphatic rings. The van der Waals surface area contributed by atoms with Gasteiger partial charge in [-0.15, -0.1) is 0 Å². The zero-order valence-electron chi connectivity index (χ0n) is 13.3. The molecule has 6 heteroatoms. The van der Waals surface area contributed by atoms with Gasteiger partial charge in [0.05, 0.1) is 4.90 Å². The van der Waals surface area contributed by atoms with Gasteiger partial charge in [-0.05, 0) is 48.9 Å². The molecule has 1 atom stereocenters. The molecule has 0 aromatic heterocycles. The van der Waals surface area contributed by atoms with E-state index in [0.717, 1.165) is 18.4 Å². The number of rotatable bonds is 6. The molecular formula is C18H19NO4S. The third kappa shape index (κ3) is 3.20. The Bertz CT molecular complexity index is 860. The van der Waals surface area contributed by atoms with Gasteiger partial charge in [-0.1, -0.05) is 42.5 Å². The third-order valence-electron chi connectivity index (χ3n) is 4.33. The quantitative estimate of drug-likeness (QED) is 0.843. The molecule has 1 aliphatic carbocycles. The van der Waals surface area contributed by atoms with Crippen molar-refractivity contribution < 1.29 is 18.3 Å². The Morgan fingerprint density at radius 3 is 2.38 bits per heavy atom. The standard InChI is InChI=1S/C18H19NO4S/c1-18(17(20)21,15-7-3-2-4-8-15)19-24(22,23)16-9-5-6-14(12-16)13-10-11-13/h2-9,12-13,19H,10-11H2,1H3,(H,20,21)/t18-/m0/s1. The van der Waals surface area contributed by atoms with Crippen LogP contribution in [0.5, 0.6) is 0 Å². The highest BCUT2D eigenvalue weighted by molar-refractivity contribution is 7.89. The molecule has 2 aromatic carbocycles.